The molecule has 3 heteroatoms. The highest BCUT2D eigenvalue weighted by Crippen LogP contribution is 2.36. The van der Waals surface area contributed by atoms with Crippen LogP contribution in [0.15, 0.2) is 60.8 Å². The van der Waals surface area contributed by atoms with Gasteiger partial charge in [0, 0.05) is 22.7 Å². The van der Waals surface area contributed by atoms with Crippen LogP contribution in [0.1, 0.15) is 21.8 Å². The summed E-state index contributed by atoms with van der Waals surface area (Å²) in [4.78, 5) is 17.3. The number of pyridine rings is 1. The van der Waals surface area contributed by atoms with E-state index in [9.17, 15) is 4.79 Å². The lowest BCUT2D eigenvalue weighted by molar-refractivity contribution is 0.0949. The molecule has 21 heavy (non-hydrogen) atoms. The Morgan fingerprint density at radius 1 is 1.05 bits per heavy atom. The molecule has 0 saturated heterocycles. The first-order valence-electron chi connectivity index (χ1n) is 6.94. The van der Waals surface area contributed by atoms with Crippen LogP contribution in [0.5, 0.6) is 5.75 Å². The quantitative estimate of drug-likeness (QED) is 0.671. The molecule has 3 aromatic rings. The van der Waals surface area contributed by atoms with Crippen LogP contribution in [0.3, 0.4) is 0 Å². The number of carbonyl (C=O) groups is 1. The number of ether oxygens (including phenoxy) is 1. The number of nitrogens with zero attached hydrogens (tertiary/aromatic N) is 1. The number of carbonyl (C=O) groups excluding carboxylic acids is 1. The van der Waals surface area contributed by atoms with Gasteiger partial charge in [-0.2, -0.15) is 0 Å². The summed E-state index contributed by atoms with van der Waals surface area (Å²) in [7, 11) is 0. The number of benzene rings is 2. The minimum absolute atomic E-state index is 0.0734. The van der Waals surface area contributed by atoms with Crippen LogP contribution in [0.4, 0.5) is 0 Å². The van der Waals surface area contributed by atoms with Crippen LogP contribution < -0.4 is 4.74 Å². The summed E-state index contributed by atoms with van der Waals surface area (Å²) in [6, 6.07) is 17.3. The fourth-order valence-electron chi connectivity index (χ4n) is 2.87. The van der Waals surface area contributed by atoms with Crippen molar-refractivity contribution in [3.63, 3.8) is 0 Å². The molecule has 0 fully saturated rings. The fraction of sp³-hybridized carbons (Fsp3) is 0.111. The highest BCUT2D eigenvalue weighted by Gasteiger charge is 2.31. The molecule has 0 radical (unpaired) electrons. The molecule has 1 atom stereocenters. The Balaban J connectivity index is 1.82. The number of Topliss-reactive ketones (excluding diaryl/α,β-unsaturated/α-hetero) is 1. The average Bonchev–Trinajstić information content (AvgIpc) is 2.98. The van der Waals surface area contributed by atoms with Gasteiger partial charge < -0.3 is 4.74 Å². The largest absolute Gasteiger partial charge is 0.492 e. The lowest BCUT2D eigenvalue weighted by Gasteiger charge is -2.10. The second-order valence-corrected chi connectivity index (χ2v) is 5.15. The Morgan fingerprint density at radius 2 is 1.90 bits per heavy atom. The van der Waals surface area contributed by atoms with E-state index >= 15 is 0 Å². The van der Waals surface area contributed by atoms with Crippen LogP contribution in [0, 0.1) is 0 Å². The van der Waals surface area contributed by atoms with Crippen LogP contribution in [-0.2, 0) is 0 Å². The molecule has 1 unspecified atom stereocenters. The molecule has 0 bridgehead atoms. The topological polar surface area (TPSA) is 39.2 Å². The average molecular weight is 275 g/mol. The maximum absolute atomic E-state index is 12.9. The van der Waals surface area contributed by atoms with Gasteiger partial charge in [-0.05, 0) is 18.2 Å². The predicted octanol–water partition coefficient (Wildman–Crippen LogP) is 3.59. The first-order valence-corrected chi connectivity index (χ1v) is 6.94. The van der Waals surface area contributed by atoms with Gasteiger partial charge in [0.15, 0.2) is 5.78 Å². The van der Waals surface area contributed by atoms with Crippen molar-refractivity contribution in [2.45, 2.75) is 5.92 Å². The fourth-order valence-corrected chi connectivity index (χ4v) is 2.87. The van der Waals surface area contributed by atoms with E-state index in [0.717, 1.165) is 22.2 Å². The molecule has 2 aromatic carbocycles. The third-order valence-electron chi connectivity index (χ3n) is 3.91. The Bertz CT molecular complexity index is 836. The monoisotopic (exact) mass is 275 g/mol. The van der Waals surface area contributed by atoms with Crippen molar-refractivity contribution in [1.29, 1.82) is 0 Å². The number of rotatable bonds is 2. The molecule has 1 aromatic heterocycles. The molecule has 1 aliphatic rings. The van der Waals surface area contributed by atoms with Crippen molar-refractivity contribution in [3.8, 4) is 5.75 Å². The van der Waals surface area contributed by atoms with Crippen molar-refractivity contribution in [3.05, 3.63) is 71.9 Å². The molecule has 2 heterocycles. The number of para-hydroxylation sites is 2. The first-order chi connectivity index (χ1) is 10.3. The molecule has 0 aliphatic carbocycles. The van der Waals surface area contributed by atoms with E-state index in [2.05, 4.69) is 4.98 Å². The van der Waals surface area contributed by atoms with Gasteiger partial charge in [-0.15, -0.1) is 0 Å². The Morgan fingerprint density at radius 3 is 2.86 bits per heavy atom. The van der Waals surface area contributed by atoms with Gasteiger partial charge in [0.05, 0.1) is 11.4 Å². The highest BCUT2D eigenvalue weighted by atomic mass is 16.5. The second kappa shape index (κ2) is 4.70. The minimum atomic E-state index is -0.242. The summed E-state index contributed by atoms with van der Waals surface area (Å²) >= 11 is 0. The van der Waals surface area contributed by atoms with Crippen molar-refractivity contribution in [2.75, 3.05) is 6.61 Å². The molecule has 0 spiro atoms. The van der Waals surface area contributed by atoms with Gasteiger partial charge in [0.1, 0.15) is 12.4 Å². The summed E-state index contributed by atoms with van der Waals surface area (Å²) in [5.74, 6) is 0.641. The van der Waals surface area contributed by atoms with Gasteiger partial charge in [-0.25, -0.2) is 0 Å². The zero-order chi connectivity index (χ0) is 14.2. The third-order valence-corrected chi connectivity index (χ3v) is 3.91. The van der Waals surface area contributed by atoms with E-state index in [1.165, 1.54) is 0 Å². The zero-order valence-electron chi connectivity index (χ0n) is 11.3. The number of hydrogen-bond acceptors (Lipinski definition) is 3. The van der Waals surface area contributed by atoms with Gasteiger partial charge in [-0.3, -0.25) is 9.78 Å². The number of aromatic nitrogens is 1. The van der Waals surface area contributed by atoms with Gasteiger partial charge in [-0.1, -0.05) is 36.4 Å². The van der Waals surface area contributed by atoms with Crippen LogP contribution in [0.2, 0.25) is 0 Å². The summed E-state index contributed by atoms with van der Waals surface area (Å²) in [6.07, 6.45) is 1.72. The van der Waals surface area contributed by atoms with E-state index in [-0.39, 0.29) is 11.7 Å². The molecule has 102 valence electrons. The van der Waals surface area contributed by atoms with Crippen molar-refractivity contribution in [2.24, 2.45) is 0 Å². The van der Waals surface area contributed by atoms with Crippen molar-refractivity contribution >= 4 is 16.7 Å². The smallest absolute Gasteiger partial charge is 0.176 e. The molecule has 3 nitrogen and oxygen atoms in total. The highest BCUT2D eigenvalue weighted by molar-refractivity contribution is 6.10. The second-order valence-electron chi connectivity index (χ2n) is 5.15. The number of fused-ring (bicyclic) bond motifs is 2. The van der Waals surface area contributed by atoms with Crippen LogP contribution in [-0.4, -0.2) is 17.4 Å². The first kappa shape index (κ1) is 12.1. The Kier molecular flexibility index (Phi) is 2.71. The summed E-state index contributed by atoms with van der Waals surface area (Å²) < 4.78 is 5.62. The predicted molar refractivity (Wildman–Crippen MR) is 80.8 cm³/mol. The van der Waals surface area contributed by atoms with Crippen LogP contribution in [0.25, 0.3) is 10.9 Å². The van der Waals surface area contributed by atoms with E-state index in [1.54, 1.807) is 6.20 Å². The SMILES string of the molecule is O=C(c1cccc2cccnc12)C1COc2ccccc21. The van der Waals surface area contributed by atoms with E-state index in [1.807, 2.05) is 54.6 Å². The molecule has 0 saturated carbocycles. The molecular formula is C18H13NO2. The molecule has 1 aliphatic heterocycles. The Labute approximate surface area is 122 Å². The van der Waals surface area contributed by atoms with E-state index < -0.39 is 0 Å². The summed E-state index contributed by atoms with van der Waals surface area (Å²) in [5.41, 5.74) is 2.39. The number of ketones is 1. The summed E-state index contributed by atoms with van der Waals surface area (Å²) in [6.45, 7) is 0.404. The molecular weight excluding hydrogens is 262 g/mol. The van der Waals surface area contributed by atoms with Gasteiger partial charge in [0.2, 0.25) is 0 Å². The zero-order valence-corrected chi connectivity index (χ0v) is 11.3. The maximum Gasteiger partial charge on any atom is 0.176 e. The van der Waals surface area contributed by atoms with Crippen molar-refractivity contribution in [1.82, 2.24) is 4.98 Å². The standard InChI is InChI=1S/C18H13NO2/c20-18(15-11-21-16-9-2-1-7-13(15)16)14-8-3-5-12-6-4-10-19-17(12)14/h1-10,15H,11H2. The molecule has 4 rings (SSSR count). The third kappa shape index (κ3) is 1.89. The van der Waals surface area contributed by atoms with Crippen LogP contribution >= 0.6 is 0 Å². The maximum atomic E-state index is 12.9. The van der Waals surface area contributed by atoms with Gasteiger partial charge in [0.25, 0.3) is 0 Å². The molecule has 0 N–H and O–H groups in total. The van der Waals surface area contributed by atoms with Crippen molar-refractivity contribution < 1.29 is 9.53 Å². The lowest BCUT2D eigenvalue weighted by Crippen LogP contribution is -2.15. The number of hydrogen-bond donors (Lipinski definition) is 0. The van der Waals surface area contributed by atoms with Gasteiger partial charge >= 0.3 is 0 Å². The lowest BCUT2D eigenvalue weighted by atomic mass is 9.91. The van der Waals surface area contributed by atoms with E-state index in [4.69, 9.17) is 4.74 Å². The minimum Gasteiger partial charge on any atom is -0.492 e. The molecule has 0 amide bonds. The van der Waals surface area contributed by atoms with E-state index in [0.29, 0.717) is 12.2 Å². The normalized spacial score (nSPS) is 16.5. The Hall–Kier alpha value is -2.68. The summed E-state index contributed by atoms with van der Waals surface area (Å²) in [5, 5.41) is 0.982.